The number of aliphatic carboxylic acids is 1. The Morgan fingerprint density at radius 3 is 2.26 bits per heavy atom. The van der Waals surface area contributed by atoms with Crippen LogP contribution in [0.15, 0.2) is 24.3 Å². The summed E-state index contributed by atoms with van der Waals surface area (Å²) in [4.78, 5) is 11.7. The Morgan fingerprint density at radius 2 is 1.89 bits per heavy atom. The minimum absolute atomic E-state index is 0.279. The summed E-state index contributed by atoms with van der Waals surface area (Å²) in [5, 5.41) is 9.57. The summed E-state index contributed by atoms with van der Waals surface area (Å²) in [5.74, 6) is -0.553. The molecule has 1 aromatic carbocycles. The summed E-state index contributed by atoms with van der Waals surface area (Å²) in [5.41, 5.74) is -0.587. The Bertz CT molecular complexity index is 484. The molecule has 2 rings (SSSR count). The van der Waals surface area contributed by atoms with E-state index in [1.807, 2.05) is 13.8 Å². The van der Waals surface area contributed by atoms with Gasteiger partial charge in [0.15, 0.2) is 0 Å². The highest BCUT2D eigenvalue weighted by Crippen LogP contribution is 2.71. The molecule has 0 saturated heterocycles. The summed E-state index contributed by atoms with van der Waals surface area (Å²) < 4.78 is 4.10. The van der Waals surface area contributed by atoms with Crippen molar-refractivity contribution in [2.24, 2.45) is 5.92 Å². The molecule has 1 aromatic rings. The minimum atomic E-state index is -1.25. The van der Waals surface area contributed by atoms with Gasteiger partial charge in [0.05, 0.1) is 6.61 Å². The Balaban J connectivity index is 2.40. The van der Waals surface area contributed by atoms with Gasteiger partial charge in [-0.2, -0.15) is 0 Å². The van der Waals surface area contributed by atoms with E-state index in [4.69, 9.17) is 27.9 Å². The van der Waals surface area contributed by atoms with Crippen molar-refractivity contribution in [3.8, 4) is 5.75 Å². The summed E-state index contributed by atoms with van der Waals surface area (Å²) in [6.07, 6.45) is 0.618. The van der Waals surface area contributed by atoms with Crippen LogP contribution in [0, 0.1) is 5.92 Å². The van der Waals surface area contributed by atoms with E-state index in [1.165, 1.54) is 0 Å². The van der Waals surface area contributed by atoms with Crippen LogP contribution in [-0.4, -0.2) is 22.0 Å². The molecule has 0 heterocycles. The minimum Gasteiger partial charge on any atom is -0.494 e. The van der Waals surface area contributed by atoms with Gasteiger partial charge >= 0.3 is 5.97 Å². The number of ether oxygens (including phenoxy) is 1. The number of benzene rings is 1. The van der Waals surface area contributed by atoms with Crippen molar-refractivity contribution >= 4 is 29.2 Å². The predicted molar refractivity (Wildman–Crippen MR) is 75.1 cm³/mol. The van der Waals surface area contributed by atoms with Gasteiger partial charge < -0.3 is 9.84 Å². The maximum Gasteiger partial charge on any atom is 0.317 e. The van der Waals surface area contributed by atoms with Gasteiger partial charge in [-0.15, -0.1) is 0 Å². The molecule has 3 nitrogen and oxygen atoms in total. The highest BCUT2D eigenvalue weighted by Gasteiger charge is 2.80. The molecule has 0 radical (unpaired) electrons. The molecule has 1 aliphatic rings. The van der Waals surface area contributed by atoms with Crippen LogP contribution in [-0.2, 0) is 10.2 Å². The number of rotatable bonds is 5. The third kappa shape index (κ3) is 1.91. The molecule has 0 amide bonds. The van der Waals surface area contributed by atoms with Crippen molar-refractivity contribution in [2.45, 2.75) is 30.0 Å². The van der Waals surface area contributed by atoms with Crippen LogP contribution in [0.4, 0.5) is 0 Å². The Hall–Kier alpha value is -0.930. The fraction of sp³-hybridized carbons (Fsp3) is 0.500. The van der Waals surface area contributed by atoms with Crippen LogP contribution in [0.2, 0.25) is 0 Å². The Labute approximate surface area is 122 Å². The monoisotopic (exact) mass is 302 g/mol. The Kier molecular flexibility index (Phi) is 3.72. The lowest BCUT2D eigenvalue weighted by Crippen LogP contribution is -2.27. The average Bonchev–Trinajstić information content (AvgIpc) is 2.88. The maximum absolute atomic E-state index is 11.7. The van der Waals surface area contributed by atoms with Crippen LogP contribution >= 0.6 is 23.2 Å². The maximum atomic E-state index is 11.7. The fourth-order valence-corrected chi connectivity index (χ4v) is 4.00. The van der Waals surface area contributed by atoms with E-state index in [-0.39, 0.29) is 5.92 Å². The molecule has 104 valence electrons. The van der Waals surface area contributed by atoms with Gasteiger partial charge in [-0.25, -0.2) is 0 Å². The molecule has 0 aromatic heterocycles. The first-order valence-corrected chi connectivity index (χ1v) is 7.03. The fourth-order valence-electron chi connectivity index (χ4n) is 2.83. The molecule has 1 aliphatic carbocycles. The van der Waals surface area contributed by atoms with Crippen LogP contribution in [0.1, 0.15) is 25.8 Å². The number of carboxylic acid groups (broad SMARTS) is 1. The highest BCUT2D eigenvalue weighted by atomic mass is 35.5. The smallest absolute Gasteiger partial charge is 0.317 e. The van der Waals surface area contributed by atoms with Gasteiger partial charge in [0.2, 0.25) is 0 Å². The van der Waals surface area contributed by atoms with Crippen molar-refractivity contribution in [3.05, 3.63) is 29.8 Å². The van der Waals surface area contributed by atoms with E-state index in [2.05, 4.69) is 0 Å². The molecule has 2 unspecified atom stereocenters. The normalized spacial score (nSPS) is 27.9. The summed E-state index contributed by atoms with van der Waals surface area (Å²) >= 11 is 12.4. The molecule has 2 atom stereocenters. The zero-order valence-electron chi connectivity index (χ0n) is 10.8. The van der Waals surface area contributed by atoms with Gasteiger partial charge in [-0.3, -0.25) is 4.79 Å². The molecule has 0 bridgehead atoms. The van der Waals surface area contributed by atoms with Crippen LogP contribution in [0.5, 0.6) is 5.75 Å². The molecule has 1 fully saturated rings. The average molecular weight is 303 g/mol. The number of alkyl halides is 2. The number of hydrogen-bond acceptors (Lipinski definition) is 2. The lowest BCUT2D eigenvalue weighted by Gasteiger charge is -2.14. The largest absolute Gasteiger partial charge is 0.494 e. The lowest BCUT2D eigenvalue weighted by atomic mass is 9.92. The molecule has 1 saturated carbocycles. The SMILES string of the molecule is CCOc1ccc(C2(C(=O)O)C(CC)C2(Cl)Cl)cc1. The molecule has 1 N–H and O–H groups in total. The third-order valence-corrected chi connectivity index (χ3v) is 4.89. The van der Waals surface area contributed by atoms with E-state index in [0.717, 1.165) is 0 Å². The zero-order chi connectivity index (χ0) is 14.3. The molecule has 19 heavy (non-hydrogen) atoms. The number of carboxylic acids is 1. The van der Waals surface area contributed by atoms with Gasteiger partial charge in [0, 0.05) is 5.92 Å². The van der Waals surface area contributed by atoms with Crippen molar-refractivity contribution < 1.29 is 14.6 Å². The van der Waals surface area contributed by atoms with E-state index >= 15 is 0 Å². The van der Waals surface area contributed by atoms with Gasteiger partial charge in [0.1, 0.15) is 15.5 Å². The van der Waals surface area contributed by atoms with E-state index < -0.39 is 15.7 Å². The standard InChI is InChI=1S/C14H16Cl2O3/c1-3-11-13(12(17)18,14(11,15)16)9-5-7-10(8-6-9)19-4-2/h5-8,11H,3-4H2,1-2H3,(H,17,18). The molecular weight excluding hydrogens is 287 g/mol. The second-order valence-corrected chi connectivity index (χ2v) is 6.04. The number of carbonyl (C=O) groups is 1. The third-order valence-electron chi connectivity index (χ3n) is 3.77. The topological polar surface area (TPSA) is 46.5 Å². The second-order valence-electron chi connectivity index (χ2n) is 4.65. The summed E-state index contributed by atoms with van der Waals surface area (Å²) in [6.45, 7) is 4.35. The zero-order valence-corrected chi connectivity index (χ0v) is 12.3. The van der Waals surface area contributed by atoms with Crippen LogP contribution in [0.3, 0.4) is 0 Å². The lowest BCUT2D eigenvalue weighted by molar-refractivity contribution is -0.140. The number of halogens is 2. The summed E-state index contributed by atoms with van der Waals surface area (Å²) in [7, 11) is 0. The molecule has 0 spiro atoms. The molecular formula is C14H16Cl2O3. The second kappa shape index (κ2) is 4.88. The first-order chi connectivity index (χ1) is 8.92. The van der Waals surface area contributed by atoms with E-state index in [0.29, 0.717) is 24.3 Å². The first-order valence-electron chi connectivity index (χ1n) is 6.27. The van der Waals surface area contributed by atoms with Crippen LogP contribution < -0.4 is 4.74 Å². The predicted octanol–water partition coefficient (Wildman–Crippen LogP) is 3.62. The molecule has 5 heteroatoms. The summed E-state index contributed by atoms with van der Waals surface area (Å²) in [6, 6.07) is 6.96. The van der Waals surface area contributed by atoms with Crippen molar-refractivity contribution in [3.63, 3.8) is 0 Å². The Morgan fingerprint density at radius 1 is 1.32 bits per heavy atom. The van der Waals surface area contributed by atoms with Gasteiger partial charge in [-0.1, -0.05) is 42.3 Å². The number of hydrogen-bond donors (Lipinski definition) is 1. The van der Waals surface area contributed by atoms with Crippen molar-refractivity contribution in [1.29, 1.82) is 0 Å². The van der Waals surface area contributed by atoms with Crippen molar-refractivity contribution in [1.82, 2.24) is 0 Å². The van der Waals surface area contributed by atoms with Crippen molar-refractivity contribution in [2.75, 3.05) is 6.61 Å². The van der Waals surface area contributed by atoms with Gasteiger partial charge in [0.25, 0.3) is 0 Å². The van der Waals surface area contributed by atoms with Gasteiger partial charge in [-0.05, 0) is 31.0 Å². The van der Waals surface area contributed by atoms with E-state index in [9.17, 15) is 9.90 Å². The molecule has 0 aliphatic heterocycles. The highest BCUT2D eigenvalue weighted by molar-refractivity contribution is 6.54. The first kappa shape index (κ1) is 14.5. The van der Waals surface area contributed by atoms with Crippen LogP contribution in [0.25, 0.3) is 0 Å². The van der Waals surface area contributed by atoms with E-state index in [1.54, 1.807) is 24.3 Å². The quantitative estimate of drug-likeness (QED) is 0.845.